The molecule has 0 rings (SSSR count). The Morgan fingerprint density at radius 2 is 0.722 bits per heavy atom. The predicted molar refractivity (Wildman–Crippen MR) is 79.2 cm³/mol. The second kappa shape index (κ2) is 5.90. The van der Waals surface area contributed by atoms with Gasteiger partial charge < -0.3 is 9.19 Å². The van der Waals surface area contributed by atoms with Crippen molar-refractivity contribution in [2.75, 3.05) is 26.7 Å². The van der Waals surface area contributed by atoms with E-state index in [2.05, 4.69) is 69.4 Å². The van der Waals surface area contributed by atoms with E-state index in [1.54, 1.807) is 0 Å². The zero-order chi connectivity index (χ0) is 14.1. The van der Waals surface area contributed by atoms with Gasteiger partial charge >= 0.3 is 0 Å². The molecule has 0 heterocycles. The van der Waals surface area contributed by atoms with Crippen LogP contribution in [-0.4, -0.2) is 31.2 Å². The maximum absolute atomic E-state index is 2.43. The van der Waals surface area contributed by atoms with Gasteiger partial charge in [-0.15, -0.1) is 0 Å². The molecule has 0 fully saturated rings. The molecule has 112 valence electrons. The van der Waals surface area contributed by atoms with E-state index in [4.69, 9.17) is 0 Å². The minimum Gasteiger partial charge on any atom is -1.00 e. The first kappa shape index (κ1) is 20.2. The molecule has 0 spiro atoms. The van der Waals surface area contributed by atoms with E-state index in [0.29, 0.717) is 16.2 Å². The Labute approximate surface area is 115 Å². The summed E-state index contributed by atoms with van der Waals surface area (Å²) in [6.07, 6.45) is 0. The maximum Gasteiger partial charge on any atom is 0.0833 e. The molecule has 2 heteroatoms. The Hall–Kier alpha value is -0.110. The Morgan fingerprint density at radius 3 is 0.833 bits per heavy atom. The van der Waals surface area contributed by atoms with Crippen LogP contribution in [0.25, 0.3) is 0 Å². The smallest absolute Gasteiger partial charge is 0.0833 e. The lowest BCUT2D eigenvalue weighted by Gasteiger charge is -2.46. The molecule has 0 atom stereocenters. The molecule has 18 heavy (non-hydrogen) atoms. The first-order chi connectivity index (χ1) is 7.12. The van der Waals surface area contributed by atoms with Crippen LogP contribution in [0, 0.1) is 16.2 Å². The van der Waals surface area contributed by atoms with Crippen LogP contribution in [0.3, 0.4) is 0 Å². The van der Waals surface area contributed by atoms with Gasteiger partial charge in [0.05, 0.1) is 26.7 Å². The van der Waals surface area contributed by atoms with Crippen LogP contribution in [0.5, 0.6) is 0 Å². The SMILES string of the molecule is CC(C)(C)C[N+](C)(CC(C)(C)C)CC(C)(C)C.[18F-]. The standard InChI is InChI=1S/C16H36N.FH/c1-14(2,3)11-17(10,12-15(4,5)6)13-16(7,8)9;/h11-13H2,1-10H3;1H/q+1;/p-1/i;1-1. The van der Waals surface area contributed by atoms with Crippen molar-refractivity contribution in [3.63, 3.8) is 0 Å². The maximum atomic E-state index is 2.43. The van der Waals surface area contributed by atoms with Crippen molar-refractivity contribution >= 4 is 0 Å². The van der Waals surface area contributed by atoms with Crippen molar-refractivity contribution in [1.82, 2.24) is 0 Å². The molecule has 0 bridgehead atoms. The van der Waals surface area contributed by atoms with E-state index < -0.39 is 0 Å². The third kappa shape index (κ3) is 11.0. The number of hydrogen-bond acceptors (Lipinski definition) is 0. The molecule has 0 aromatic heterocycles. The Balaban J connectivity index is 0. The molecule has 0 aliphatic carbocycles. The van der Waals surface area contributed by atoms with Crippen LogP contribution >= 0.6 is 0 Å². The van der Waals surface area contributed by atoms with Crippen molar-refractivity contribution in [1.29, 1.82) is 0 Å². The van der Waals surface area contributed by atoms with Gasteiger partial charge in [-0.3, -0.25) is 0 Å². The van der Waals surface area contributed by atoms with Crippen LogP contribution in [0.15, 0.2) is 0 Å². The van der Waals surface area contributed by atoms with E-state index in [-0.39, 0.29) is 4.70 Å². The lowest BCUT2D eigenvalue weighted by molar-refractivity contribution is -0.926. The normalized spacial score (nSPS) is 14.3. The molecule has 0 saturated heterocycles. The Bertz CT molecular complexity index is 196. The van der Waals surface area contributed by atoms with E-state index in [1.807, 2.05) is 0 Å². The fourth-order valence-corrected chi connectivity index (χ4v) is 3.60. The highest BCUT2D eigenvalue weighted by Gasteiger charge is 2.36. The topological polar surface area (TPSA) is 0 Å². The van der Waals surface area contributed by atoms with Crippen LogP contribution in [-0.2, 0) is 0 Å². The van der Waals surface area contributed by atoms with Crippen LogP contribution < -0.4 is 4.70 Å². The average molecular weight is 260 g/mol. The summed E-state index contributed by atoms with van der Waals surface area (Å²) in [6, 6.07) is 0. The molecule has 0 radical (unpaired) electrons. The molecule has 0 aromatic carbocycles. The fourth-order valence-electron chi connectivity index (χ4n) is 3.60. The highest BCUT2D eigenvalue weighted by Crippen LogP contribution is 2.29. The summed E-state index contributed by atoms with van der Waals surface area (Å²) in [5.41, 5.74) is 1.18. The molecule has 0 aliphatic heterocycles. The van der Waals surface area contributed by atoms with Gasteiger partial charge in [0, 0.05) is 16.2 Å². The highest BCUT2D eigenvalue weighted by atomic mass is 18.0. The van der Waals surface area contributed by atoms with E-state index in [1.165, 1.54) is 24.1 Å². The number of nitrogens with zero attached hydrogens (tertiary/aromatic N) is 1. The third-order valence-corrected chi connectivity index (χ3v) is 2.57. The molecule has 0 amide bonds. The molecule has 0 saturated carbocycles. The number of rotatable bonds is 3. The lowest BCUT2D eigenvalue weighted by Crippen LogP contribution is -3.00. The summed E-state index contributed by atoms with van der Waals surface area (Å²) in [7, 11) is 2.43. The molecular weight excluding hydrogens is 224 g/mol. The Kier molecular flexibility index (Phi) is 6.62. The van der Waals surface area contributed by atoms with Crippen molar-refractivity contribution in [2.24, 2.45) is 16.2 Å². The number of hydrogen-bond donors (Lipinski definition) is 0. The summed E-state index contributed by atoms with van der Waals surface area (Å²) in [5, 5.41) is 0. The highest BCUT2D eigenvalue weighted by molar-refractivity contribution is 4.69. The molecular formula is C16H36FN. The first-order valence-electron chi connectivity index (χ1n) is 6.96. The first-order valence-corrected chi connectivity index (χ1v) is 6.96. The molecule has 0 aliphatic rings. The second-order valence-corrected chi connectivity index (χ2v) is 9.78. The summed E-state index contributed by atoms with van der Waals surface area (Å²) in [4.78, 5) is 0. The molecule has 0 aromatic rings. The second-order valence-electron chi connectivity index (χ2n) is 9.78. The van der Waals surface area contributed by atoms with E-state index in [0.717, 1.165) is 0 Å². The van der Waals surface area contributed by atoms with Crippen LogP contribution in [0.1, 0.15) is 62.3 Å². The van der Waals surface area contributed by atoms with Crippen molar-refractivity contribution in [2.45, 2.75) is 62.3 Å². The van der Waals surface area contributed by atoms with Crippen LogP contribution in [0.4, 0.5) is 0 Å². The van der Waals surface area contributed by atoms with Gasteiger partial charge in [0.25, 0.3) is 0 Å². The Morgan fingerprint density at radius 1 is 0.556 bits per heavy atom. The summed E-state index contributed by atoms with van der Waals surface area (Å²) < 4.78 is 1.18. The van der Waals surface area contributed by atoms with Gasteiger partial charge in [-0.25, -0.2) is 0 Å². The van der Waals surface area contributed by atoms with Crippen molar-refractivity contribution < 1.29 is 9.19 Å². The van der Waals surface area contributed by atoms with Gasteiger partial charge in [0.15, 0.2) is 0 Å². The molecule has 1 nitrogen and oxygen atoms in total. The lowest BCUT2D eigenvalue weighted by atomic mass is 9.87. The van der Waals surface area contributed by atoms with Crippen molar-refractivity contribution in [3.05, 3.63) is 0 Å². The third-order valence-electron chi connectivity index (χ3n) is 2.57. The fraction of sp³-hybridized carbons (Fsp3) is 1.00. The predicted octanol–water partition coefficient (Wildman–Crippen LogP) is 1.58. The van der Waals surface area contributed by atoms with E-state index in [9.17, 15) is 0 Å². The minimum atomic E-state index is 0. The average Bonchev–Trinajstić information content (AvgIpc) is 1.65. The van der Waals surface area contributed by atoms with Gasteiger partial charge in [-0.2, -0.15) is 0 Å². The van der Waals surface area contributed by atoms with Crippen molar-refractivity contribution in [3.8, 4) is 0 Å². The zero-order valence-corrected chi connectivity index (χ0v) is 14.4. The van der Waals surface area contributed by atoms with E-state index >= 15 is 0 Å². The minimum absolute atomic E-state index is 0. The van der Waals surface area contributed by atoms with Crippen LogP contribution in [0.2, 0.25) is 0 Å². The number of halogens is 1. The monoisotopic (exact) mass is 260 g/mol. The summed E-state index contributed by atoms with van der Waals surface area (Å²) in [6.45, 7) is 25.0. The van der Waals surface area contributed by atoms with Gasteiger partial charge in [-0.05, 0) is 0 Å². The van der Waals surface area contributed by atoms with Gasteiger partial charge in [-0.1, -0.05) is 62.3 Å². The van der Waals surface area contributed by atoms with Gasteiger partial charge in [0.2, 0.25) is 0 Å². The quantitative estimate of drug-likeness (QED) is 0.676. The summed E-state index contributed by atoms with van der Waals surface area (Å²) in [5.74, 6) is 0. The molecule has 0 unspecified atom stereocenters. The largest absolute Gasteiger partial charge is 1.00 e. The summed E-state index contributed by atoms with van der Waals surface area (Å²) >= 11 is 0. The zero-order valence-electron chi connectivity index (χ0n) is 14.4. The van der Waals surface area contributed by atoms with Gasteiger partial charge in [0.1, 0.15) is 0 Å². The molecule has 0 N–H and O–H groups in total. The number of quaternary nitrogens is 1.